The van der Waals surface area contributed by atoms with E-state index in [0.717, 1.165) is 4.57 Å². The Hall–Kier alpha value is -3.42. The van der Waals surface area contributed by atoms with Gasteiger partial charge in [0.15, 0.2) is 0 Å². The van der Waals surface area contributed by atoms with Crippen LogP contribution in [0.4, 0.5) is 5.69 Å². The maximum atomic E-state index is 12.1. The van der Waals surface area contributed by atoms with Crippen LogP contribution in [-0.4, -0.2) is 32.9 Å². The molecule has 2 aromatic rings. The van der Waals surface area contributed by atoms with Gasteiger partial charge in [-0.25, -0.2) is 9.59 Å². The lowest BCUT2D eigenvalue weighted by Crippen LogP contribution is -2.33. The van der Waals surface area contributed by atoms with Gasteiger partial charge in [-0.1, -0.05) is 6.08 Å². The van der Waals surface area contributed by atoms with Crippen LogP contribution in [0.5, 0.6) is 5.88 Å². The van der Waals surface area contributed by atoms with Crippen LogP contribution < -0.4 is 11.2 Å². The van der Waals surface area contributed by atoms with Crippen molar-refractivity contribution in [2.75, 3.05) is 6.61 Å². The molecule has 0 amide bonds. The molecule has 26 heavy (non-hydrogen) atoms. The minimum absolute atomic E-state index is 0.0377. The Morgan fingerprint density at radius 3 is 2.58 bits per heavy atom. The van der Waals surface area contributed by atoms with Crippen LogP contribution in [0.25, 0.3) is 0 Å². The van der Waals surface area contributed by atoms with E-state index in [1.165, 1.54) is 13.0 Å². The standard InChI is InChI=1S/C18H19N3O5/c1-4-10-21-16(23)14(15(22)20-18(21)25)11(3)19-13-8-6-12(7-9-13)17(24)26-5-2/h4,6-9,23H,1,5,10H2,2-3H3,(H,20,22,25). The fraction of sp³-hybridized carbons (Fsp3) is 0.222. The number of rotatable bonds is 6. The number of nitrogens with one attached hydrogen (secondary N) is 1. The van der Waals surface area contributed by atoms with E-state index >= 15 is 0 Å². The van der Waals surface area contributed by atoms with E-state index in [1.54, 1.807) is 31.2 Å². The molecule has 0 aliphatic carbocycles. The number of aromatic amines is 1. The SMILES string of the molecule is C=CCn1c(O)c(C(C)=Nc2ccc(C(=O)OCC)cc2)c(=O)[nH]c1=O. The highest BCUT2D eigenvalue weighted by atomic mass is 16.5. The molecular formula is C18H19N3O5. The summed E-state index contributed by atoms with van der Waals surface area (Å²) in [7, 11) is 0. The minimum Gasteiger partial charge on any atom is -0.494 e. The first kappa shape index (κ1) is 18.9. The van der Waals surface area contributed by atoms with Gasteiger partial charge in [0, 0.05) is 6.54 Å². The Morgan fingerprint density at radius 1 is 1.35 bits per heavy atom. The Kier molecular flexibility index (Phi) is 5.90. The molecule has 1 heterocycles. The van der Waals surface area contributed by atoms with Gasteiger partial charge in [0.2, 0.25) is 5.88 Å². The van der Waals surface area contributed by atoms with Gasteiger partial charge < -0.3 is 9.84 Å². The lowest BCUT2D eigenvalue weighted by molar-refractivity contribution is 0.0526. The van der Waals surface area contributed by atoms with Crippen LogP contribution in [0.2, 0.25) is 0 Å². The lowest BCUT2D eigenvalue weighted by atomic mass is 10.2. The van der Waals surface area contributed by atoms with Gasteiger partial charge in [0.1, 0.15) is 5.56 Å². The second-order valence-electron chi connectivity index (χ2n) is 5.32. The van der Waals surface area contributed by atoms with E-state index in [0.29, 0.717) is 11.3 Å². The molecular weight excluding hydrogens is 338 g/mol. The molecule has 0 aliphatic rings. The number of esters is 1. The summed E-state index contributed by atoms with van der Waals surface area (Å²) < 4.78 is 5.88. The highest BCUT2D eigenvalue weighted by Gasteiger charge is 2.16. The van der Waals surface area contributed by atoms with E-state index < -0.39 is 23.1 Å². The van der Waals surface area contributed by atoms with Crippen molar-refractivity contribution in [1.29, 1.82) is 0 Å². The number of aliphatic imine (C=N–C) groups is 1. The van der Waals surface area contributed by atoms with Gasteiger partial charge >= 0.3 is 11.7 Å². The summed E-state index contributed by atoms with van der Waals surface area (Å²) in [6.07, 6.45) is 1.42. The van der Waals surface area contributed by atoms with Crippen molar-refractivity contribution in [2.45, 2.75) is 20.4 Å². The largest absolute Gasteiger partial charge is 0.494 e. The summed E-state index contributed by atoms with van der Waals surface area (Å²) in [6, 6.07) is 6.27. The zero-order valence-corrected chi connectivity index (χ0v) is 14.5. The Balaban J connectivity index is 2.43. The zero-order chi connectivity index (χ0) is 19.3. The van der Waals surface area contributed by atoms with Crippen molar-refractivity contribution < 1.29 is 14.6 Å². The van der Waals surface area contributed by atoms with Crippen LogP contribution in [0.15, 0.2) is 51.5 Å². The van der Waals surface area contributed by atoms with Crippen LogP contribution in [0, 0.1) is 0 Å². The van der Waals surface area contributed by atoms with Crippen molar-refractivity contribution in [3.05, 3.63) is 68.9 Å². The predicted octanol–water partition coefficient (Wildman–Crippen LogP) is 1.75. The van der Waals surface area contributed by atoms with Crippen LogP contribution in [0.3, 0.4) is 0 Å². The van der Waals surface area contributed by atoms with Crippen molar-refractivity contribution in [2.24, 2.45) is 4.99 Å². The Labute approximate surface area is 149 Å². The summed E-state index contributed by atoms with van der Waals surface area (Å²) in [4.78, 5) is 41.9. The number of nitrogens with zero attached hydrogens (tertiary/aromatic N) is 2. The van der Waals surface area contributed by atoms with Gasteiger partial charge in [0.25, 0.3) is 5.56 Å². The molecule has 0 spiro atoms. The van der Waals surface area contributed by atoms with Crippen molar-refractivity contribution in [1.82, 2.24) is 9.55 Å². The first-order chi connectivity index (χ1) is 12.4. The number of benzene rings is 1. The van der Waals surface area contributed by atoms with Crippen LogP contribution >= 0.6 is 0 Å². The molecule has 1 aromatic carbocycles. The number of aromatic hydroxyl groups is 1. The number of hydrogen-bond acceptors (Lipinski definition) is 6. The first-order valence-corrected chi connectivity index (χ1v) is 7.88. The number of carbonyl (C=O) groups excluding carboxylic acids is 1. The predicted molar refractivity (Wildman–Crippen MR) is 97.5 cm³/mol. The fourth-order valence-electron chi connectivity index (χ4n) is 2.32. The molecule has 0 fully saturated rings. The van der Waals surface area contributed by atoms with E-state index in [9.17, 15) is 19.5 Å². The molecule has 136 valence electrons. The van der Waals surface area contributed by atoms with Gasteiger partial charge in [-0.2, -0.15) is 0 Å². The molecule has 0 unspecified atom stereocenters. The maximum absolute atomic E-state index is 12.1. The number of allylic oxidation sites excluding steroid dienone is 1. The van der Waals surface area contributed by atoms with E-state index in [1.807, 2.05) is 0 Å². The highest BCUT2D eigenvalue weighted by Crippen LogP contribution is 2.18. The molecule has 0 atom stereocenters. The molecule has 2 N–H and O–H groups in total. The van der Waals surface area contributed by atoms with E-state index in [2.05, 4.69) is 16.6 Å². The van der Waals surface area contributed by atoms with Crippen molar-refractivity contribution in [3.63, 3.8) is 0 Å². The average molecular weight is 357 g/mol. The average Bonchev–Trinajstić information content (AvgIpc) is 2.59. The minimum atomic E-state index is -0.739. The summed E-state index contributed by atoms with van der Waals surface area (Å²) in [6.45, 7) is 7.08. The molecule has 0 saturated heterocycles. The smallest absolute Gasteiger partial charge is 0.338 e. The van der Waals surface area contributed by atoms with E-state index in [-0.39, 0.29) is 24.4 Å². The number of aromatic nitrogens is 2. The monoisotopic (exact) mass is 357 g/mol. The lowest BCUT2D eigenvalue weighted by Gasteiger charge is -2.09. The van der Waals surface area contributed by atoms with Gasteiger partial charge in [-0.05, 0) is 38.1 Å². The number of hydrogen-bond donors (Lipinski definition) is 2. The van der Waals surface area contributed by atoms with Crippen molar-refractivity contribution in [3.8, 4) is 5.88 Å². The molecule has 0 saturated carbocycles. The second-order valence-corrected chi connectivity index (χ2v) is 5.32. The van der Waals surface area contributed by atoms with Gasteiger partial charge in [0.05, 0.1) is 23.6 Å². The topological polar surface area (TPSA) is 114 Å². The molecule has 0 radical (unpaired) electrons. The normalized spacial score (nSPS) is 11.2. The second kappa shape index (κ2) is 8.11. The summed E-state index contributed by atoms with van der Waals surface area (Å²) in [5.41, 5.74) is -0.522. The molecule has 8 nitrogen and oxygen atoms in total. The quantitative estimate of drug-likeness (QED) is 0.464. The number of H-pyrrole nitrogens is 1. The molecule has 8 heteroatoms. The van der Waals surface area contributed by atoms with Gasteiger partial charge in [-0.3, -0.25) is 19.3 Å². The molecule has 0 bridgehead atoms. The summed E-state index contributed by atoms with van der Waals surface area (Å²) in [5, 5.41) is 10.3. The Morgan fingerprint density at radius 2 is 2.00 bits per heavy atom. The molecule has 2 rings (SSSR count). The third kappa shape index (κ3) is 3.97. The third-order valence-corrected chi connectivity index (χ3v) is 3.52. The third-order valence-electron chi connectivity index (χ3n) is 3.52. The maximum Gasteiger partial charge on any atom is 0.338 e. The Bertz CT molecular complexity index is 968. The van der Waals surface area contributed by atoms with Crippen molar-refractivity contribution >= 4 is 17.4 Å². The summed E-state index contributed by atoms with van der Waals surface area (Å²) in [5.74, 6) is -0.923. The molecule has 0 aliphatic heterocycles. The number of carbonyl (C=O) groups is 1. The van der Waals surface area contributed by atoms with E-state index in [4.69, 9.17) is 4.74 Å². The van der Waals surface area contributed by atoms with Gasteiger partial charge in [-0.15, -0.1) is 6.58 Å². The first-order valence-electron chi connectivity index (χ1n) is 7.88. The van der Waals surface area contributed by atoms with Crippen LogP contribution in [-0.2, 0) is 11.3 Å². The fourth-order valence-corrected chi connectivity index (χ4v) is 2.32. The summed E-state index contributed by atoms with van der Waals surface area (Å²) >= 11 is 0. The number of ether oxygens (including phenoxy) is 1. The zero-order valence-electron chi connectivity index (χ0n) is 14.5. The molecule has 1 aromatic heterocycles. The highest BCUT2D eigenvalue weighted by molar-refractivity contribution is 6.01. The van der Waals surface area contributed by atoms with Crippen LogP contribution in [0.1, 0.15) is 29.8 Å².